The molecule has 1 unspecified atom stereocenters. The van der Waals surface area contributed by atoms with Crippen LogP contribution >= 0.6 is 0 Å². The van der Waals surface area contributed by atoms with Crippen molar-refractivity contribution in [1.29, 1.82) is 0 Å². The van der Waals surface area contributed by atoms with Crippen LogP contribution in [0.15, 0.2) is 24.4 Å². The summed E-state index contributed by atoms with van der Waals surface area (Å²) in [7, 11) is 0. The first kappa shape index (κ1) is 14.9. The number of hydrogen-bond acceptors (Lipinski definition) is 5. The fourth-order valence-electron chi connectivity index (χ4n) is 1.90. The van der Waals surface area contributed by atoms with Crippen LogP contribution in [0.2, 0.25) is 0 Å². The quantitative estimate of drug-likeness (QED) is 0.636. The number of carbonyl (C=O) groups excluding carboxylic acids is 1. The molecule has 8 nitrogen and oxygen atoms in total. The van der Waals surface area contributed by atoms with Crippen LogP contribution in [-0.4, -0.2) is 44.2 Å². The summed E-state index contributed by atoms with van der Waals surface area (Å²) in [6.07, 6.45) is 2.37. The van der Waals surface area contributed by atoms with E-state index in [-0.39, 0.29) is 18.7 Å². The van der Waals surface area contributed by atoms with E-state index in [1.54, 1.807) is 0 Å². The Morgan fingerprint density at radius 2 is 2.19 bits per heavy atom. The number of nitrogens with one attached hydrogen (secondary N) is 1. The number of nitrogens with two attached hydrogens (primary N) is 1. The molecule has 0 fully saturated rings. The van der Waals surface area contributed by atoms with Crippen molar-refractivity contribution in [2.75, 3.05) is 6.54 Å². The van der Waals surface area contributed by atoms with E-state index in [0.717, 1.165) is 11.5 Å². The molecule has 2 aromatic rings. The SMILES string of the molecule is NC(CCC(=O)O)C(=O)NCCc1nnc2ccccn12. The highest BCUT2D eigenvalue weighted by molar-refractivity contribution is 5.82. The van der Waals surface area contributed by atoms with Crippen molar-refractivity contribution in [3.8, 4) is 0 Å². The third kappa shape index (κ3) is 3.99. The van der Waals surface area contributed by atoms with E-state index in [1.807, 2.05) is 28.8 Å². The van der Waals surface area contributed by atoms with Gasteiger partial charge in [-0.25, -0.2) is 0 Å². The molecule has 4 N–H and O–H groups in total. The number of amides is 1. The second-order valence-corrected chi connectivity index (χ2v) is 4.63. The monoisotopic (exact) mass is 291 g/mol. The lowest BCUT2D eigenvalue weighted by Gasteiger charge is -2.10. The van der Waals surface area contributed by atoms with Crippen LogP contribution in [0.3, 0.4) is 0 Å². The molecule has 8 heteroatoms. The van der Waals surface area contributed by atoms with Crippen molar-refractivity contribution >= 4 is 17.5 Å². The number of carboxylic acid groups (broad SMARTS) is 1. The maximum atomic E-state index is 11.7. The predicted octanol–water partition coefficient (Wildman–Crippen LogP) is -0.420. The van der Waals surface area contributed by atoms with Gasteiger partial charge in [0.1, 0.15) is 5.82 Å². The molecule has 21 heavy (non-hydrogen) atoms. The molecule has 0 radical (unpaired) electrons. The molecule has 2 heterocycles. The minimum Gasteiger partial charge on any atom is -0.481 e. The summed E-state index contributed by atoms with van der Waals surface area (Å²) in [5, 5.41) is 19.3. The van der Waals surface area contributed by atoms with Crippen LogP contribution in [0.5, 0.6) is 0 Å². The molecule has 0 aliphatic rings. The average molecular weight is 291 g/mol. The number of rotatable bonds is 7. The Morgan fingerprint density at radius 1 is 1.38 bits per heavy atom. The van der Waals surface area contributed by atoms with Crippen molar-refractivity contribution in [3.63, 3.8) is 0 Å². The molecule has 2 rings (SSSR count). The number of aromatic nitrogens is 3. The first-order chi connectivity index (χ1) is 10.1. The van der Waals surface area contributed by atoms with Gasteiger partial charge < -0.3 is 16.2 Å². The standard InChI is InChI=1S/C13H17N5O3/c14-9(4-5-12(19)20)13(21)15-7-6-11-17-16-10-3-1-2-8-18(10)11/h1-3,8-9H,4-7,14H2,(H,15,21)(H,19,20). The molecule has 0 bridgehead atoms. The van der Waals surface area contributed by atoms with Crippen molar-refractivity contribution in [3.05, 3.63) is 30.2 Å². The minimum absolute atomic E-state index is 0.120. The molecule has 1 atom stereocenters. The largest absolute Gasteiger partial charge is 0.481 e. The second kappa shape index (κ2) is 6.80. The Bertz CT molecular complexity index is 640. The van der Waals surface area contributed by atoms with Gasteiger partial charge in [-0.1, -0.05) is 6.07 Å². The third-order valence-electron chi connectivity index (χ3n) is 3.04. The molecule has 0 aliphatic carbocycles. The highest BCUT2D eigenvalue weighted by atomic mass is 16.4. The van der Waals surface area contributed by atoms with Crippen LogP contribution in [0.25, 0.3) is 5.65 Å². The first-order valence-electron chi connectivity index (χ1n) is 6.61. The predicted molar refractivity (Wildman–Crippen MR) is 74.5 cm³/mol. The van der Waals surface area contributed by atoms with Gasteiger partial charge in [-0.3, -0.25) is 14.0 Å². The van der Waals surface area contributed by atoms with Crippen LogP contribution in [0.1, 0.15) is 18.7 Å². The lowest BCUT2D eigenvalue weighted by Crippen LogP contribution is -2.41. The number of aliphatic carboxylic acids is 1. The van der Waals surface area contributed by atoms with E-state index in [2.05, 4.69) is 15.5 Å². The third-order valence-corrected chi connectivity index (χ3v) is 3.04. The van der Waals surface area contributed by atoms with E-state index in [0.29, 0.717) is 13.0 Å². The molecule has 0 spiro atoms. The minimum atomic E-state index is -0.965. The highest BCUT2D eigenvalue weighted by Crippen LogP contribution is 2.03. The topological polar surface area (TPSA) is 123 Å². The Kier molecular flexibility index (Phi) is 4.83. The molecule has 0 saturated heterocycles. The molecule has 0 aromatic carbocycles. The number of fused-ring (bicyclic) bond motifs is 1. The van der Waals surface area contributed by atoms with Crippen molar-refractivity contribution in [2.24, 2.45) is 5.73 Å². The fourth-order valence-corrected chi connectivity index (χ4v) is 1.90. The number of carboxylic acids is 1. The van der Waals surface area contributed by atoms with Gasteiger partial charge in [-0.15, -0.1) is 10.2 Å². The molecule has 112 valence electrons. The lowest BCUT2D eigenvalue weighted by molar-refractivity contribution is -0.137. The van der Waals surface area contributed by atoms with Gasteiger partial charge in [0.15, 0.2) is 5.65 Å². The van der Waals surface area contributed by atoms with Crippen LogP contribution in [0.4, 0.5) is 0 Å². The lowest BCUT2D eigenvalue weighted by atomic mass is 10.1. The van der Waals surface area contributed by atoms with Gasteiger partial charge in [-0.2, -0.15) is 0 Å². The Hall–Kier alpha value is -2.48. The van der Waals surface area contributed by atoms with Gasteiger partial charge in [-0.05, 0) is 18.6 Å². The summed E-state index contributed by atoms with van der Waals surface area (Å²) in [6, 6.07) is 4.78. The summed E-state index contributed by atoms with van der Waals surface area (Å²) < 4.78 is 1.84. The number of nitrogens with zero attached hydrogens (tertiary/aromatic N) is 3. The van der Waals surface area contributed by atoms with Gasteiger partial charge in [0.25, 0.3) is 0 Å². The Balaban J connectivity index is 1.81. The molecule has 0 aliphatic heterocycles. The zero-order valence-electron chi connectivity index (χ0n) is 11.4. The summed E-state index contributed by atoms with van der Waals surface area (Å²) in [5.41, 5.74) is 6.35. The second-order valence-electron chi connectivity index (χ2n) is 4.63. The van der Waals surface area contributed by atoms with E-state index in [4.69, 9.17) is 10.8 Å². The fraction of sp³-hybridized carbons (Fsp3) is 0.385. The maximum Gasteiger partial charge on any atom is 0.303 e. The molecular weight excluding hydrogens is 274 g/mol. The molecule has 2 aromatic heterocycles. The smallest absolute Gasteiger partial charge is 0.303 e. The van der Waals surface area contributed by atoms with Gasteiger partial charge in [0.2, 0.25) is 5.91 Å². The van der Waals surface area contributed by atoms with Gasteiger partial charge in [0.05, 0.1) is 6.04 Å². The summed E-state index contributed by atoms with van der Waals surface area (Å²) in [5.74, 6) is -0.580. The van der Waals surface area contributed by atoms with E-state index in [1.165, 1.54) is 0 Å². The number of hydrogen-bond donors (Lipinski definition) is 3. The average Bonchev–Trinajstić information content (AvgIpc) is 2.88. The van der Waals surface area contributed by atoms with Gasteiger partial charge >= 0.3 is 5.97 Å². The first-order valence-corrected chi connectivity index (χ1v) is 6.61. The Morgan fingerprint density at radius 3 is 2.95 bits per heavy atom. The molecule has 1 amide bonds. The zero-order valence-corrected chi connectivity index (χ0v) is 11.4. The van der Waals surface area contributed by atoms with Crippen molar-refractivity contribution in [1.82, 2.24) is 19.9 Å². The normalized spacial score (nSPS) is 12.2. The van der Waals surface area contributed by atoms with E-state index < -0.39 is 12.0 Å². The summed E-state index contributed by atoms with van der Waals surface area (Å²) in [4.78, 5) is 22.1. The van der Waals surface area contributed by atoms with Crippen LogP contribution < -0.4 is 11.1 Å². The maximum absolute atomic E-state index is 11.7. The van der Waals surface area contributed by atoms with Gasteiger partial charge in [0, 0.05) is 25.6 Å². The summed E-state index contributed by atoms with van der Waals surface area (Å²) >= 11 is 0. The summed E-state index contributed by atoms with van der Waals surface area (Å²) in [6.45, 7) is 0.370. The van der Waals surface area contributed by atoms with Crippen LogP contribution in [0, 0.1) is 0 Å². The number of pyridine rings is 1. The molecular formula is C13H17N5O3. The zero-order chi connectivity index (χ0) is 15.2. The Labute approximate surface area is 121 Å². The van der Waals surface area contributed by atoms with Crippen molar-refractivity contribution in [2.45, 2.75) is 25.3 Å². The molecule has 0 saturated carbocycles. The number of carbonyl (C=O) groups is 2. The highest BCUT2D eigenvalue weighted by Gasteiger charge is 2.14. The van der Waals surface area contributed by atoms with Crippen molar-refractivity contribution < 1.29 is 14.7 Å². The van der Waals surface area contributed by atoms with E-state index in [9.17, 15) is 9.59 Å². The van der Waals surface area contributed by atoms with E-state index >= 15 is 0 Å². The van der Waals surface area contributed by atoms with Crippen LogP contribution in [-0.2, 0) is 16.0 Å².